The van der Waals surface area contributed by atoms with Gasteiger partial charge in [-0.15, -0.1) is 0 Å². The van der Waals surface area contributed by atoms with Gasteiger partial charge < -0.3 is 19.3 Å². The lowest BCUT2D eigenvalue weighted by atomic mass is 10.1. The fraction of sp³-hybridized carbons (Fsp3) is 0.667. The SMILES string of the molecule is CCc1ccc(OCCCN(C)C)c(OCCCN(C)C)c1. The molecular formula is C18H32N2O2. The smallest absolute Gasteiger partial charge is 0.161 e. The fourth-order valence-electron chi connectivity index (χ4n) is 2.13. The van der Waals surface area contributed by atoms with E-state index in [1.54, 1.807) is 0 Å². The molecule has 1 aromatic rings. The van der Waals surface area contributed by atoms with Gasteiger partial charge in [0.2, 0.25) is 0 Å². The number of aryl methyl sites for hydroxylation is 1. The molecule has 0 aliphatic heterocycles. The Hall–Kier alpha value is -1.26. The summed E-state index contributed by atoms with van der Waals surface area (Å²) in [4.78, 5) is 4.34. The van der Waals surface area contributed by atoms with Crippen LogP contribution in [-0.4, -0.2) is 64.3 Å². The molecule has 4 nitrogen and oxygen atoms in total. The summed E-state index contributed by atoms with van der Waals surface area (Å²) in [5.74, 6) is 1.74. The molecule has 1 aromatic carbocycles. The number of hydrogen-bond donors (Lipinski definition) is 0. The van der Waals surface area contributed by atoms with Crippen molar-refractivity contribution in [1.29, 1.82) is 0 Å². The normalized spacial score (nSPS) is 11.2. The summed E-state index contributed by atoms with van der Waals surface area (Å²) in [6.07, 6.45) is 3.04. The van der Waals surface area contributed by atoms with Crippen molar-refractivity contribution in [2.24, 2.45) is 0 Å². The standard InChI is InChI=1S/C18H32N2O2/c1-6-16-9-10-17(21-13-7-11-19(2)3)18(15-16)22-14-8-12-20(4)5/h9-10,15H,6-8,11-14H2,1-5H3. The van der Waals surface area contributed by atoms with Gasteiger partial charge in [-0.2, -0.15) is 0 Å². The first-order chi connectivity index (χ1) is 10.5. The molecule has 0 amide bonds. The van der Waals surface area contributed by atoms with Gasteiger partial charge in [-0.05, 0) is 65.1 Å². The lowest BCUT2D eigenvalue weighted by Gasteiger charge is -2.16. The minimum atomic E-state index is 0.720. The number of ether oxygens (including phenoxy) is 2. The summed E-state index contributed by atoms with van der Waals surface area (Å²) in [5, 5.41) is 0. The maximum absolute atomic E-state index is 5.95. The van der Waals surface area contributed by atoms with Crippen molar-refractivity contribution >= 4 is 0 Å². The van der Waals surface area contributed by atoms with Crippen LogP contribution in [0.3, 0.4) is 0 Å². The first kappa shape index (κ1) is 18.8. The van der Waals surface area contributed by atoms with Crippen molar-refractivity contribution in [3.05, 3.63) is 23.8 Å². The van der Waals surface area contributed by atoms with E-state index in [-0.39, 0.29) is 0 Å². The van der Waals surface area contributed by atoms with Crippen LogP contribution < -0.4 is 9.47 Å². The molecule has 0 N–H and O–H groups in total. The van der Waals surface area contributed by atoms with Crippen molar-refractivity contribution in [2.75, 3.05) is 54.5 Å². The minimum Gasteiger partial charge on any atom is -0.490 e. The van der Waals surface area contributed by atoms with E-state index < -0.39 is 0 Å². The van der Waals surface area contributed by atoms with E-state index in [0.29, 0.717) is 0 Å². The lowest BCUT2D eigenvalue weighted by molar-refractivity contribution is 0.244. The highest BCUT2D eigenvalue weighted by atomic mass is 16.5. The predicted octanol–water partition coefficient (Wildman–Crippen LogP) is 2.91. The highest BCUT2D eigenvalue weighted by Gasteiger charge is 2.07. The molecular weight excluding hydrogens is 276 g/mol. The van der Waals surface area contributed by atoms with Crippen molar-refractivity contribution in [3.63, 3.8) is 0 Å². The van der Waals surface area contributed by atoms with E-state index in [9.17, 15) is 0 Å². The van der Waals surface area contributed by atoms with Crippen molar-refractivity contribution < 1.29 is 9.47 Å². The predicted molar refractivity (Wildman–Crippen MR) is 93.2 cm³/mol. The van der Waals surface area contributed by atoms with Gasteiger partial charge in [-0.3, -0.25) is 0 Å². The second-order valence-corrected chi connectivity index (χ2v) is 6.15. The molecule has 0 radical (unpaired) electrons. The molecule has 0 aliphatic carbocycles. The molecule has 0 fully saturated rings. The van der Waals surface area contributed by atoms with E-state index >= 15 is 0 Å². The monoisotopic (exact) mass is 308 g/mol. The first-order valence-corrected chi connectivity index (χ1v) is 8.21. The average molecular weight is 308 g/mol. The summed E-state index contributed by atoms with van der Waals surface area (Å²) in [7, 11) is 8.32. The van der Waals surface area contributed by atoms with Crippen LogP contribution in [-0.2, 0) is 6.42 Å². The zero-order chi connectivity index (χ0) is 16.4. The second kappa shape index (κ2) is 10.5. The summed E-state index contributed by atoms with van der Waals surface area (Å²) < 4.78 is 11.8. The summed E-state index contributed by atoms with van der Waals surface area (Å²) in [5.41, 5.74) is 1.28. The van der Waals surface area contributed by atoms with Crippen LogP contribution in [0.2, 0.25) is 0 Å². The topological polar surface area (TPSA) is 24.9 Å². The summed E-state index contributed by atoms with van der Waals surface area (Å²) in [6, 6.07) is 6.26. The van der Waals surface area contributed by atoms with Crippen LogP contribution >= 0.6 is 0 Å². The molecule has 22 heavy (non-hydrogen) atoms. The van der Waals surface area contributed by atoms with Gasteiger partial charge in [0.25, 0.3) is 0 Å². The maximum Gasteiger partial charge on any atom is 0.161 e. The molecule has 4 heteroatoms. The van der Waals surface area contributed by atoms with Gasteiger partial charge in [0, 0.05) is 13.1 Å². The molecule has 0 aromatic heterocycles. The molecule has 0 atom stereocenters. The largest absolute Gasteiger partial charge is 0.490 e. The van der Waals surface area contributed by atoms with Gasteiger partial charge in [-0.1, -0.05) is 13.0 Å². The third kappa shape index (κ3) is 7.66. The quantitative estimate of drug-likeness (QED) is 0.587. The van der Waals surface area contributed by atoms with Crippen molar-refractivity contribution in [2.45, 2.75) is 26.2 Å². The van der Waals surface area contributed by atoms with Crippen LogP contribution in [0, 0.1) is 0 Å². The number of hydrogen-bond acceptors (Lipinski definition) is 4. The van der Waals surface area contributed by atoms with Gasteiger partial charge in [0.15, 0.2) is 11.5 Å². The zero-order valence-corrected chi connectivity index (χ0v) is 14.9. The lowest BCUT2D eigenvalue weighted by Crippen LogP contribution is -2.16. The number of nitrogens with zero attached hydrogens (tertiary/aromatic N) is 2. The highest BCUT2D eigenvalue weighted by molar-refractivity contribution is 5.43. The molecule has 0 spiro atoms. The Kier molecular flexibility index (Phi) is 8.94. The second-order valence-electron chi connectivity index (χ2n) is 6.15. The van der Waals surface area contributed by atoms with E-state index in [1.807, 2.05) is 6.07 Å². The van der Waals surface area contributed by atoms with Crippen LogP contribution in [0.25, 0.3) is 0 Å². The van der Waals surface area contributed by atoms with Gasteiger partial charge in [0.05, 0.1) is 13.2 Å². The Morgan fingerprint density at radius 3 is 1.86 bits per heavy atom. The molecule has 0 saturated heterocycles. The van der Waals surface area contributed by atoms with Crippen LogP contribution in [0.1, 0.15) is 25.3 Å². The Balaban J connectivity index is 2.54. The zero-order valence-electron chi connectivity index (χ0n) is 14.9. The summed E-state index contributed by atoms with van der Waals surface area (Å²) >= 11 is 0. The van der Waals surface area contributed by atoms with Crippen molar-refractivity contribution in [1.82, 2.24) is 9.80 Å². The third-order valence-corrected chi connectivity index (χ3v) is 3.43. The third-order valence-electron chi connectivity index (χ3n) is 3.43. The molecule has 0 bridgehead atoms. The fourth-order valence-corrected chi connectivity index (χ4v) is 2.13. The Morgan fingerprint density at radius 1 is 0.818 bits per heavy atom. The Bertz CT molecular complexity index is 420. The van der Waals surface area contributed by atoms with Crippen LogP contribution in [0.15, 0.2) is 18.2 Å². The van der Waals surface area contributed by atoms with Gasteiger partial charge >= 0.3 is 0 Å². The minimum absolute atomic E-state index is 0.720. The molecule has 126 valence electrons. The number of rotatable bonds is 11. The highest BCUT2D eigenvalue weighted by Crippen LogP contribution is 2.29. The van der Waals surface area contributed by atoms with Crippen molar-refractivity contribution in [3.8, 4) is 11.5 Å². The van der Waals surface area contributed by atoms with E-state index in [2.05, 4.69) is 57.0 Å². The summed E-state index contributed by atoms with van der Waals surface area (Å²) in [6.45, 7) is 5.67. The maximum atomic E-state index is 5.95. The molecule has 0 saturated carbocycles. The average Bonchev–Trinajstić information content (AvgIpc) is 2.48. The van der Waals surface area contributed by atoms with Gasteiger partial charge in [-0.25, -0.2) is 0 Å². The molecule has 0 unspecified atom stereocenters. The van der Waals surface area contributed by atoms with Crippen LogP contribution in [0.4, 0.5) is 0 Å². The first-order valence-electron chi connectivity index (χ1n) is 8.21. The Labute approximate surface area is 136 Å². The molecule has 0 heterocycles. The Morgan fingerprint density at radius 2 is 1.36 bits per heavy atom. The van der Waals surface area contributed by atoms with Gasteiger partial charge in [0.1, 0.15) is 0 Å². The molecule has 1 rings (SSSR count). The van der Waals surface area contributed by atoms with E-state index in [1.165, 1.54) is 5.56 Å². The number of benzene rings is 1. The van der Waals surface area contributed by atoms with E-state index in [4.69, 9.17) is 9.47 Å². The molecule has 0 aliphatic rings. The van der Waals surface area contributed by atoms with E-state index in [0.717, 1.165) is 57.1 Å². The van der Waals surface area contributed by atoms with Crippen LogP contribution in [0.5, 0.6) is 11.5 Å².